The quantitative estimate of drug-likeness (QED) is 0.898. The van der Waals surface area contributed by atoms with Crippen LogP contribution < -0.4 is 5.32 Å². The van der Waals surface area contributed by atoms with Crippen molar-refractivity contribution in [1.82, 2.24) is 15.5 Å². The van der Waals surface area contributed by atoms with Gasteiger partial charge in [0.1, 0.15) is 6.61 Å². The summed E-state index contributed by atoms with van der Waals surface area (Å²) >= 11 is 6.05. The fourth-order valence-electron chi connectivity index (χ4n) is 1.66. The van der Waals surface area contributed by atoms with E-state index in [2.05, 4.69) is 24.7 Å². The van der Waals surface area contributed by atoms with Crippen molar-refractivity contribution in [2.75, 3.05) is 13.7 Å². The van der Waals surface area contributed by atoms with Crippen LogP contribution in [0.4, 0.5) is 13.2 Å². The van der Waals surface area contributed by atoms with Crippen LogP contribution in [0.1, 0.15) is 11.5 Å². The van der Waals surface area contributed by atoms with E-state index in [-0.39, 0.29) is 35.5 Å². The van der Waals surface area contributed by atoms with E-state index in [1.54, 1.807) is 6.07 Å². The molecule has 23 heavy (non-hydrogen) atoms. The van der Waals surface area contributed by atoms with E-state index in [1.165, 1.54) is 19.2 Å². The van der Waals surface area contributed by atoms with E-state index in [4.69, 9.17) is 11.6 Å². The Labute approximate surface area is 133 Å². The third kappa shape index (κ3) is 4.42. The molecule has 10 heteroatoms. The van der Waals surface area contributed by atoms with Crippen LogP contribution in [-0.4, -0.2) is 29.8 Å². The van der Waals surface area contributed by atoms with Crippen LogP contribution >= 0.6 is 11.6 Å². The van der Waals surface area contributed by atoms with Gasteiger partial charge < -0.3 is 14.6 Å². The molecule has 0 bridgehead atoms. The molecule has 1 aromatic heterocycles. The lowest BCUT2D eigenvalue weighted by atomic mass is 10.1. The molecule has 0 aliphatic rings. The number of aromatic nitrogens is 2. The Kier molecular flexibility index (Phi) is 5.22. The number of ether oxygens (including phenoxy) is 1. The molecule has 124 valence electrons. The highest BCUT2D eigenvalue weighted by molar-refractivity contribution is 6.31. The van der Waals surface area contributed by atoms with Gasteiger partial charge in [0, 0.05) is 24.2 Å². The molecule has 0 atom stereocenters. The first-order valence-electron chi connectivity index (χ1n) is 6.26. The van der Waals surface area contributed by atoms with Crippen molar-refractivity contribution in [3.63, 3.8) is 0 Å². The second kappa shape index (κ2) is 6.97. The van der Waals surface area contributed by atoms with Crippen LogP contribution in [0.3, 0.4) is 0 Å². The predicted molar refractivity (Wildman–Crippen MR) is 73.5 cm³/mol. The lowest BCUT2D eigenvalue weighted by Crippen LogP contribution is -2.26. The molecule has 1 heterocycles. The normalized spacial score (nSPS) is 11.5. The van der Waals surface area contributed by atoms with Crippen molar-refractivity contribution < 1.29 is 27.2 Å². The number of carbonyl (C=O) groups is 1. The van der Waals surface area contributed by atoms with Crippen LogP contribution in [0.15, 0.2) is 22.7 Å². The van der Waals surface area contributed by atoms with Gasteiger partial charge in [-0.25, -0.2) is 0 Å². The zero-order valence-corrected chi connectivity index (χ0v) is 12.5. The minimum Gasteiger partial charge on any atom is -0.375 e. The Morgan fingerprint density at radius 3 is 2.74 bits per heavy atom. The molecule has 0 aliphatic carbocycles. The minimum atomic E-state index is -4.71. The summed E-state index contributed by atoms with van der Waals surface area (Å²) in [5.41, 5.74) is 0.848. The van der Waals surface area contributed by atoms with Crippen LogP contribution in [0.5, 0.6) is 0 Å². The molecule has 0 fully saturated rings. The molecular formula is C13H11ClF3N3O3. The van der Waals surface area contributed by atoms with Gasteiger partial charge in [-0.1, -0.05) is 28.9 Å². The van der Waals surface area contributed by atoms with Gasteiger partial charge in [-0.15, -0.1) is 0 Å². The van der Waals surface area contributed by atoms with E-state index in [9.17, 15) is 18.0 Å². The smallest absolute Gasteiger partial charge is 0.375 e. The first-order valence-corrected chi connectivity index (χ1v) is 6.64. The Hall–Kier alpha value is -2.13. The number of benzene rings is 1. The largest absolute Gasteiger partial charge is 0.471 e. The van der Waals surface area contributed by atoms with Gasteiger partial charge in [0.15, 0.2) is 0 Å². The molecule has 0 saturated carbocycles. The summed E-state index contributed by atoms with van der Waals surface area (Å²) in [5.74, 6) is -1.98. The van der Waals surface area contributed by atoms with Crippen LogP contribution in [0.2, 0.25) is 5.02 Å². The van der Waals surface area contributed by atoms with E-state index < -0.39 is 12.1 Å². The van der Waals surface area contributed by atoms with Gasteiger partial charge in [0.25, 0.3) is 0 Å². The maximum atomic E-state index is 12.4. The number of carbonyl (C=O) groups excluding carboxylic acids is 1. The molecule has 2 rings (SSSR count). The van der Waals surface area contributed by atoms with Crippen molar-refractivity contribution in [3.05, 3.63) is 34.7 Å². The fourth-order valence-corrected chi connectivity index (χ4v) is 1.91. The Morgan fingerprint density at radius 1 is 1.43 bits per heavy atom. The topological polar surface area (TPSA) is 77.2 Å². The summed E-state index contributed by atoms with van der Waals surface area (Å²) in [4.78, 5) is 14.6. The maximum Gasteiger partial charge on any atom is 0.471 e. The highest BCUT2D eigenvalue weighted by Gasteiger charge is 2.38. The minimum absolute atomic E-state index is 0.0845. The van der Waals surface area contributed by atoms with E-state index >= 15 is 0 Å². The van der Waals surface area contributed by atoms with Gasteiger partial charge in [-0.2, -0.15) is 18.2 Å². The first-order chi connectivity index (χ1) is 10.8. The lowest BCUT2D eigenvalue weighted by Gasteiger charge is -2.07. The number of nitrogens with one attached hydrogen (secondary N) is 1. The Morgan fingerprint density at radius 2 is 2.17 bits per heavy atom. The number of hydrogen-bond acceptors (Lipinski definition) is 5. The molecule has 0 unspecified atom stereocenters. The molecule has 1 amide bonds. The third-order valence-corrected chi connectivity index (χ3v) is 3.08. The zero-order valence-electron chi connectivity index (χ0n) is 11.8. The first kappa shape index (κ1) is 17.2. The van der Waals surface area contributed by atoms with E-state index in [0.717, 1.165) is 0 Å². The Balaban J connectivity index is 2.13. The van der Waals surface area contributed by atoms with Crippen LogP contribution in [0.25, 0.3) is 11.4 Å². The average molecular weight is 350 g/mol. The number of alkyl halides is 3. The van der Waals surface area contributed by atoms with E-state index in [0.29, 0.717) is 5.56 Å². The van der Waals surface area contributed by atoms with Crippen molar-refractivity contribution in [2.24, 2.45) is 0 Å². The number of hydrogen-bond donors (Lipinski definition) is 1. The monoisotopic (exact) mass is 349 g/mol. The molecule has 0 saturated heterocycles. The van der Waals surface area contributed by atoms with Crippen molar-refractivity contribution in [3.8, 4) is 11.4 Å². The van der Waals surface area contributed by atoms with Gasteiger partial charge in [0.2, 0.25) is 11.7 Å². The van der Waals surface area contributed by atoms with Gasteiger partial charge in [-0.3, -0.25) is 4.79 Å². The predicted octanol–water partition coefficient (Wildman–Crippen LogP) is 2.67. The third-order valence-electron chi connectivity index (χ3n) is 2.73. The molecule has 2 aromatic rings. The summed E-state index contributed by atoms with van der Waals surface area (Å²) in [7, 11) is 1.39. The van der Waals surface area contributed by atoms with Gasteiger partial charge in [0.05, 0.1) is 0 Å². The van der Waals surface area contributed by atoms with Crippen LogP contribution in [0, 0.1) is 0 Å². The highest BCUT2D eigenvalue weighted by Crippen LogP contribution is 2.30. The summed E-state index contributed by atoms with van der Waals surface area (Å²) in [6.45, 7) is 0.0696. The molecular weight excluding hydrogens is 339 g/mol. The van der Waals surface area contributed by atoms with Gasteiger partial charge in [-0.05, 0) is 11.6 Å². The molecule has 0 radical (unpaired) electrons. The molecule has 1 N–H and O–H groups in total. The lowest BCUT2D eigenvalue weighted by molar-refractivity contribution is -0.159. The second-order valence-electron chi connectivity index (χ2n) is 4.44. The number of methoxy groups -OCH3 is 1. The number of halogens is 4. The van der Waals surface area contributed by atoms with Crippen LogP contribution in [-0.2, 0) is 22.3 Å². The fraction of sp³-hybridized carbons (Fsp3) is 0.308. The van der Waals surface area contributed by atoms with Crippen molar-refractivity contribution in [1.29, 1.82) is 0 Å². The molecule has 6 nitrogen and oxygen atoms in total. The number of amides is 1. The summed E-state index contributed by atoms with van der Waals surface area (Å²) in [5, 5.41) is 6.10. The number of nitrogens with zero attached hydrogens (tertiary/aromatic N) is 2. The zero-order chi connectivity index (χ0) is 17.0. The van der Waals surface area contributed by atoms with Crippen molar-refractivity contribution >= 4 is 17.5 Å². The molecule has 0 aliphatic heterocycles. The van der Waals surface area contributed by atoms with E-state index in [1.807, 2.05) is 0 Å². The SMILES string of the molecule is COCC(=O)NCc1ccc(-c2noc(C(F)(F)F)n2)cc1Cl. The van der Waals surface area contributed by atoms with Crippen molar-refractivity contribution in [2.45, 2.75) is 12.7 Å². The second-order valence-corrected chi connectivity index (χ2v) is 4.84. The Bertz CT molecular complexity index is 703. The molecule has 1 aromatic carbocycles. The molecule has 0 spiro atoms. The highest BCUT2D eigenvalue weighted by atomic mass is 35.5. The summed E-state index contributed by atoms with van der Waals surface area (Å²) < 4.78 is 46.1. The van der Waals surface area contributed by atoms with Gasteiger partial charge >= 0.3 is 12.1 Å². The summed E-state index contributed by atoms with van der Waals surface area (Å²) in [6, 6.07) is 4.42. The standard InChI is InChI=1S/C13H11ClF3N3O3/c1-22-6-10(21)18-5-8-3-2-7(4-9(8)14)11-19-12(23-20-11)13(15,16)17/h2-4H,5-6H2,1H3,(H,18,21). The average Bonchev–Trinajstić information content (AvgIpc) is 2.96. The maximum absolute atomic E-state index is 12.4. The summed E-state index contributed by atoms with van der Waals surface area (Å²) in [6.07, 6.45) is -4.71. The number of rotatable bonds is 5.